The van der Waals surface area contributed by atoms with E-state index in [1.54, 1.807) is 11.2 Å². The van der Waals surface area contributed by atoms with Gasteiger partial charge < -0.3 is 0 Å². The number of benzene rings is 1. The lowest BCUT2D eigenvalue weighted by atomic mass is 10.0. The molecule has 0 aromatic heterocycles. The lowest BCUT2D eigenvalue weighted by Gasteiger charge is -2.27. The molecule has 1 atom stereocenters. The van der Waals surface area contributed by atoms with Crippen molar-refractivity contribution in [2.45, 2.75) is 12.6 Å². The molecule has 0 bridgehead atoms. The fourth-order valence-electron chi connectivity index (χ4n) is 2.24. The maximum Gasteiger partial charge on any atom is 0.184 e. The van der Waals surface area contributed by atoms with Gasteiger partial charge in [-0.25, -0.2) is 15.0 Å². The first-order chi connectivity index (χ1) is 10.1. The van der Waals surface area contributed by atoms with Crippen molar-refractivity contribution in [3.8, 4) is 6.07 Å². The van der Waals surface area contributed by atoms with Crippen molar-refractivity contribution < 1.29 is 0 Å². The van der Waals surface area contributed by atoms with Crippen molar-refractivity contribution in [1.29, 1.82) is 5.26 Å². The smallest absolute Gasteiger partial charge is 0.184 e. The van der Waals surface area contributed by atoms with Crippen LogP contribution in [0.1, 0.15) is 12.5 Å². The van der Waals surface area contributed by atoms with Gasteiger partial charge >= 0.3 is 0 Å². The third-order valence-corrected chi connectivity index (χ3v) is 4.50. The molecule has 7 heteroatoms. The summed E-state index contributed by atoms with van der Waals surface area (Å²) in [5, 5.41) is 11.8. The topological polar surface area (TPSA) is 63.8 Å². The minimum absolute atomic E-state index is 0.459. The molecule has 5 nitrogen and oxygen atoms in total. The maximum absolute atomic E-state index is 9.24. The van der Waals surface area contributed by atoms with Crippen molar-refractivity contribution >= 4 is 38.7 Å². The van der Waals surface area contributed by atoms with Crippen LogP contribution in [0.25, 0.3) is 0 Å². The molecule has 0 saturated carbocycles. The average Bonchev–Trinajstić information content (AvgIpc) is 2.85. The normalized spacial score (nSPS) is 23.9. The van der Waals surface area contributed by atoms with Gasteiger partial charge in [0.25, 0.3) is 0 Å². The molecule has 21 heavy (non-hydrogen) atoms. The molecule has 2 aliphatic heterocycles. The van der Waals surface area contributed by atoms with Crippen LogP contribution in [0.2, 0.25) is 0 Å². The minimum Gasteiger partial charge on any atom is -0.237 e. The Kier molecular flexibility index (Phi) is 3.61. The first-order valence-corrected chi connectivity index (χ1v) is 8.25. The standard InChI is InChI=1S/C14H12BrN5S/c1-14(10-3-5-11(15)6-4-10)18-12-9(7-16)8-17-13(21-2)20(12)19-14/h3-6,8,19H,1-2H3/t14-/m0/s1. The number of hydrogen-bond donors (Lipinski definition) is 1. The second-order valence-corrected chi connectivity index (χ2v) is 6.42. The number of halogens is 1. The van der Waals surface area contributed by atoms with Crippen LogP contribution in [-0.4, -0.2) is 22.3 Å². The summed E-state index contributed by atoms with van der Waals surface area (Å²) in [7, 11) is 0. The first-order valence-electron chi connectivity index (χ1n) is 6.23. The number of rotatable bonds is 1. The highest BCUT2D eigenvalue weighted by atomic mass is 79.9. The lowest BCUT2D eigenvalue weighted by molar-refractivity contribution is 0.311. The van der Waals surface area contributed by atoms with Gasteiger partial charge in [-0.15, -0.1) is 0 Å². The van der Waals surface area contributed by atoms with Gasteiger partial charge in [-0.05, 0) is 30.9 Å². The molecule has 0 unspecified atom stereocenters. The quantitative estimate of drug-likeness (QED) is 0.834. The zero-order valence-corrected chi connectivity index (χ0v) is 13.9. The predicted molar refractivity (Wildman–Crippen MR) is 88.5 cm³/mol. The Morgan fingerprint density at radius 3 is 2.71 bits per heavy atom. The van der Waals surface area contributed by atoms with Gasteiger partial charge in [-0.2, -0.15) is 10.7 Å². The van der Waals surface area contributed by atoms with E-state index in [1.165, 1.54) is 11.8 Å². The number of nitriles is 1. The number of aliphatic imine (C=N–C) groups is 2. The van der Waals surface area contributed by atoms with Crippen LogP contribution in [0, 0.1) is 11.3 Å². The van der Waals surface area contributed by atoms with E-state index in [1.807, 2.05) is 37.4 Å². The van der Waals surface area contributed by atoms with Crippen molar-refractivity contribution in [2.24, 2.45) is 9.98 Å². The lowest BCUT2D eigenvalue weighted by Crippen LogP contribution is -2.48. The largest absolute Gasteiger partial charge is 0.237 e. The zero-order valence-electron chi connectivity index (χ0n) is 11.5. The maximum atomic E-state index is 9.24. The van der Waals surface area contributed by atoms with Crippen LogP contribution in [0.5, 0.6) is 0 Å². The Bertz CT molecular complexity index is 716. The molecule has 0 amide bonds. The Hall–Kier alpha value is -1.62. The van der Waals surface area contributed by atoms with Gasteiger partial charge in [-0.1, -0.05) is 39.8 Å². The summed E-state index contributed by atoms with van der Waals surface area (Å²) in [6, 6.07) is 10.1. The Balaban J connectivity index is 2.05. The molecular weight excluding hydrogens is 350 g/mol. The number of nitrogens with zero attached hydrogens (tertiary/aromatic N) is 4. The summed E-state index contributed by atoms with van der Waals surface area (Å²) in [4.78, 5) is 9.01. The van der Waals surface area contributed by atoms with Gasteiger partial charge in [0.2, 0.25) is 0 Å². The van der Waals surface area contributed by atoms with Gasteiger partial charge in [0.15, 0.2) is 16.7 Å². The van der Waals surface area contributed by atoms with Gasteiger partial charge in [0.05, 0.1) is 6.20 Å². The van der Waals surface area contributed by atoms with Crippen molar-refractivity contribution in [1.82, 2.24) is 10.4 Å². The highest BCUT2D eigenvalue weighted by molar-refractivity contribution is 9.10. The molecule has 2 heterocycles. The molecule has 106 valence electrons. The summed E-state index contributed by atoms with van der Waals surface area (Å²) >= 11 is 4.94. The molecule has 0 fully saturated rings. The number of hydrazine groups is 1. The number of hydrogen-bond acceptors (Lipinski definition) is 6. The predicted octanol–water partition coefficient (Wildman–Crippen LogP) is 2.98. The summed E-state index contributed by atoms with van der Waals surface area (Å²) < 4.78 is 1.02. The van der Waals surface area contributed by atoms with E-state index in [9.17, 15) is 5.26 Å². The van der Waals surface area contributed by atoms with E-state index >= 15 is 0 Å². The fourth-order valence-corrected chi connectivity index (χ4v) is 2.98. The van der Waals surface area contributed by atoms with Gasteiger partial charge in [-0.3, -0.25) is 0 Å². The van der Waals surface area contributed by atoms with Crippen molar-refractivity contribution in [2.75, 3.05) is 6.26 Å². The third kappa shape index (κ3) is 2.39. The first kappa shape index (κ1) is 14.3. The molecule has 3 rings (SSSR count). The molecular formula is C14H12BrN5S. The molecule has 2 aliphatic rings. The molecule has 1 aromatic rings. The summed E-state index contributed by atoms with van der Waals surface area (Å²) in [6.07, 6.45) is 3.51. The molecule has 0 spiro atoms. The van der Waals surface area contributed by atoms with Crippen molar-refractivity contribution in [3.05, 3.63) is 46.1 Å². The van der Waals surface area contributed by atoms with E-state index in [2.05, 4.69) is 32.4 Å². The Labute approximate surface area is 135 Å². The highest BCUT2D eigenvalue weighted by Crippen LogP contribution is 2.32. The van der Waals surface area contributed by atoms with E-state index in [-0.39, 0.29) is 0 Å². The second-order valence-electron chi connectivity index (χ2n) is 4.73. The molecule has 0 radical (unpaired) electrons. The SMILES string of the molecule is CSC1=NC=C(C#N)C2=N[C@](C)(c3ccc(Br)cc3)NN12. The Morgan fingerprint density at radius 2 is 2.10 bits per heavy atom. The third-order valence-electron chi connectivity index (χ3n) is 3.32. The minimum atomic E-state index is -0.618. The molecule has 0 saturated heterocycles. The van der Waals surface area contributed by atoms with Crippen LogP contribution in [0.15, 0.2) is 50.5 Å². The van der Waals surface area contributed by atoms with Crippen LogP contribution in [0.4, 0.5) is 0 Å². The zero-order chi connectivity index (χ0) is 15.0. The number of amidine groups is 2. The fraction of sp³-hybridized carbons (Fsp3) is 0.214. The van der Waals surface area contributed by atoms with Crippen LogP contribution >= 0.6 is 27.7 Å². The van der Waals surface area contributed by atoms with E-state index < -0.39 is 5.66 Å². The summed E-state index contributed by atoms with van der Waals surface area (Å²) in [5.74, 6) is 0.613. The average molecular weight is 362 g/mol. The molecule has 0 aliphatic carbocycles. The van der Waals surface area contributed by atoms with E-state index in [4.69, 9.17) is 4.99 Å². The van der Waals surface area contributed by atoms with Gasteiger partial charge in [0.1, 0.15) is 11.6 Å². The monoisotopic (exact) mass is 361 g/mol. The molecule has 1 aromatic carbocycles. The summed E-state index contributed by atoms with van der Waals surface area (Å²) in [6.45, 7) is 1.98. The molecule has 1 N–H and O–H groups in total. The highest BCUT2D eigenvalue weighted by Gasteiger charge is 2.40. The van der Waals surface area contributed by atoms with Gasteiger partial charge in [0, 0.05) is 4.47 Å². The van der Waals surface area contributed by atoms with Crippen LogP contribution in [0.3, 0.4) is 0 Å². The van der Waals surface area contributed by atoms with E-state index in [0.717, 1.165) is 15.2 Å². The second kappa shape index (κ2) is 5.30. The Morgan fingerprint density at radius 1 is 1.38 bits per heavy atom. The van der Waals surface area contributed by atoms with E-state index in [0.29, 0.717) is 11.4 Å². The number of thioether (sulfide) groups is 1. The van der Waals surface area contributed by atoms with Crippen LogP contribution in [-0.2, 0) is 5.66 Å². The number of nitrogens with one attached hydrogen (secondary N) is 1. The van der Waals surface area contributed by atoms with Crippen LogP contribution < -0.4 is 5.43 Å². The van der Waals surface area contributed by atoms with Crippen molar-refractivity contribution in [3.63, 3.8) is 0 Å². The summed E-state index contributed by atoms with van der Waals surface area (Å²) in [5.41, 5.74) is 4.20. The number of fused-ring (bicyclic) bond motifs is 1.